The first-order valence-corrected chi connectivity index (χ1v) is 7.29. The maximum absolute atomic E-state index is 4.39. The van der Waals surface area contributed by atoms with Crippen LogP contribution in [0, 0.1) is 12.8 Å². The van der Waals surface area contributed by atoms with Crippen molar-refractivity contribution in [3.8, 4) is 0 Å². The molecule has 0 aromatic carbocycles. The molecule has 1 aliphatic carbocycles. The van der Waals surface area contributed by atoms with Gasteiger partial charge in [-0.1, -0.05) is 26.2 Å². The lowest BCUT2D eigenvalue weighted by molar-refractivity contribution is 0.424. The van der Waals surface area contributed by atoms with E-state index in [9.17, 15) is 0 Å². The first-order valence-electron chi connectivity index (χ1n) is 7.29. The highest BCUT2D eigenvalue weighted by molar-refractivity contribution is 5.00. The molecule has 3 heteroatoms. The molecule has 1 aromatic rings. The summed E-state index contributed by atoms with van der Waals surface area (Å²) in [6.07, 6.45) is 11.9. The summed E-state index contributed by atoms with van der Waals surface area (Å²) in [5, 5.41) is 3.64. The van der Waals surface area contributed by atoms with Crippen molar-refractivity contribution in [2.24, 2.45) is 5.92 Å². The molecule has 1 heterocycles. The lowest BCUT2D eigenvalue weighted by Crippen LogP contribution is -2.28. The van der Waals surface area contributed by atoms with Crippen LogP contribution in [-0.2, 0) is 6.54 Å². The molecule has 2 rings (SSSR count). The second-order valence-corrected chi connectivity index (χ2v) is 5.51. The van der Waals surface area contributed by atoms with Crippen LogP contribution in [0.2, 0.25) is 0 Å². The lowest BCUT2D eigenvalue weighted by Gasteiger charge is -2.16. The molecule has 18 heavy (non-hydrogen) atoms. The summed E-state index contributed by atoms with van der Waals surface area (Å²) >= 11 is 0. The normalized spacial score (nSPS) is 24.8. The molecule has 0 amide bonds. The van der Waals surface area contributed by atoms with E-state index in [1.807, 2.05) is 19.3 Å². The molecule has 0 bridgehead atoms. The number of hydrogen-bond acceptors (Lipinski definition) is 3. The predicted molar refractivity (Wildman–Crippen MR) is 74.3 cm³/mol. The number of hydrogen-bond donors (Lipinski definition) is 1. The molecule has 1 saturated carbocycles. The van der Waals surface area contributed by atoms with E-state index in [4.69, 9.17) is 0 Å². The fourth-order valence-electron chi connectivity index (χ4n) is 2.75. The number of aryl methyl sites for hydroxylation is 1. The van der Waals surface area contributed by atoms with Gasteiger partial charge in [-0.15, -0.1) is 0 Å². The maximum atomic E-state index is 4.39. The summed E-state index contributed by atoms with van der Waals surface area (Å²) in [6.45, 7) is 5.15. The van der Waals surface area contributed by atoms with Gasteiger partial charge in [0.1, 0.15) is 0 Å². The fourth-order valence-corrected chi connectivity index (χ4v) is 2.75. The first-order chi connectivity index (χ1) is 8.78. The zero-order valence-corrected chi connectivity index (χ0v) is 11.7. The molecule has 0 spiro atoms. The standard InChI is InChI=1S/C15H25N3/c1-3-13-5-4-6-14(8-7-13)18-11-15-10-16-12(2)9-17-15/h9-10,13-14,18H,3-8,11H2,1-2H3. The second kappa shape index (κ2) is 6.83. The van der Waals surface area contributed by atoms with E-state index >= 15 is 0 Å². The fraction of sp³-hybridized carbons (Fsp3) is 0.733. The van der Waals surface area contributed by atoms with Gasteiger partial charge in [-0.05, 0) is 32.1 Å². The van der Waals surface area contributed by atoms with Gasteiger partial charge >= 0.3 is 0 Å². The molecule has 1 aliphatic rings. The van der Waals surface area contributed by atoms with Crippen LogP contribution in [0.15, 0.2) is 12.4 Å². The number of nitrogens with zero attached hydrogens (tertiary/aromatic N) is 2. The highest BCUT2D eigenvalue weighted by atomic mass is 14.9. The highest BCUT2D eigenvalue weighted by Gasteiger charge is 2.17. The van der Waals surface area contributed by atoms with Crippen LogP contribution < -0.4 is 5.32 Å². The van der Waals surface area contributed by atoms with Crippen LogP contribution in [0.1, 0.15) is 56.8 Å². The minimum absolute atomic E-state index is 0.671. The largest absolute Gasteiger partial charge is 0.308 e. The van der Waals surface area contributed by atoms with E-state index in [1.165, 1.54) is 38.5 Å². The molecular weight excluding hydrogens is 222 g/mol. The number of nitrogens with one attached hydrogen (secondary N) is 1. The average Bonchev–Trinajstić information content (AvgIpc) is 2.63. The molecule has 100 valence electrons. The Balaban J connectivity index is 1.77. The van der Waals surface area contributed by atoms with Gasteiger partial charge in [-0.2, -0.15) is 0 Å². The number of aromatic nitrogens is 2. The summed E-state index contributed by atoms with van der Waals surface area (Å²) < 4.78 is 0. The second-order valence-electron chi connectivity index (χ2n) is 5.51. The molecule has 0 aliphatic heterocycles. The van der Waals surface area contributed by atoms with Gasteiger partial charge in [0.15, 0.2) is 0 Å². The SMILES string of the molecule is CCC1CCCC(NCc2cnc(C)cn2)CC1. The van der Waals surface area contributed by atoms with E-state index in [1.54, 1.807) is 0 Å². The maximum Gasteiger partial charge on any atom is 0.0724 e. The zero-order valence-electron chi connectivity index (χ0n) is 11.7. The Labute approximate surface area is 110 Å². The van der Waals surface area contributed by atoms with Crippen molar-refractivity contribution < 1.29 is 0 Å². The molecule has 1 N–H and O–H groups in total. The third-order valence-electron chi connectivity index (χ3n) is 4.07. The van der Waals surface area contributed by atoms with E-state index in [0.29, 0.717) is 6.04 Å². The summed E-state index contributed by atoms with van der Waals surface area (Å²) in [7, 11) is 0. The molecular formula is C15H25N3. The van der Waals surface area contributed by atoms with Gasteiger partial charge in [-0.3, -0.25) is 9.97 Å². The molecule has 3 nitrogen and oxygen atoms in total. The first kappa shape index (κ1) is 13.5. The highest BCUT2D eigenvalue weighted by Crippen LogP contribution is 2.25. The van der Waals surface area contributed by atoms with Crippen LogP contribution in [0.5, 0.6) is 0 Å². The third kappa shape index (κ3) is 4.05. The van der Waals surface area contributed by atoms with Crippen molar-refractivity contribution in [2.45, 2.75) is 65.0 Å². The van der Waals surface area contributed by atoms with E-state index in [-0.39, 0.29) is 0 Å². The van der Waals surface area contributed by atoms with Crippen LogP contribution in [0.3, 0.4) is 0 Å². The van der Waals surface area contributed by atoms with Crippen molar-refractivity contribution in [3.05, 3.63) is 23.8 Å². The van der Waals surface area contributed by atoms with Crippen molar-refractivity contribution in [2.75, 3.05) is 0 Å². The molecule has 0 radical (unpaired) electrons. The quantitative estimate of drug-likeness (QED) is 0.830. The van der Waals surface area contributed by atoms with Crippen LogP contribution in [-0.4, -0.2) is 16.0 Å². The van der Waals surface area contributed by atoms with Crippen LogP contribution >= 0.6 is 0 Å². The van der Waals surface area contributed by atoms with E-state index < -0.39 is 0 Å². The van der Waals surface area contributed by atoms with Gasteiger partial charge in [0.25, 0.3) is 0 Å². The van der Waals surface area contributed by atoms with Gasteiger partial charge < -0.3 is 5.32 Å². The Bertz CT molecular complexity index is 347. The lowest BCUT2D eigenvalue weighted by atomic mass is 9.98. The monoisotopic (exact) mass is 247 g/mol. The average molecular weight is 247 g/mol. The van der Waals surface area contributed by atoms with Gasteiger partial charge in [0, 0.05) is 25.0 Å². The van der Waals surface area contributed by atoms with Gasteiger partial charge in [0.05, 0.1) is 11.4 Å². The summed E-state index contributed by atoms with van der Waals surface area (Å²) in [6, 6.07) is 0.671. The van der Waals surface area contributed by atoms with Crippen LogP contribution in [0.4, 0.5) is 0 Å². The topological polar surface area (TPSA) is 37.8 Å². The molecule has 1 fully saturated rings. The zero-order chi connectivity index (χ0) is 12.8. The molecule has 1 aromatic heterocycles. The molecule has 0 saturated heterocycles. The predicted octanol–water partition coefficient (Wildman–Crippen LogP) is 3.23. The minimum Gasteiger partial charge on any atom is -0.308 e. The Hall–Kier alpha value is -0.960. The molecule has 2 unspecified atom stereocenters. The van der Waals surface area contributed by atoms with E-state index in [2.05, 4.69) is 22.2 Å². The molecule has 2 atom stereocenters. The Kier molecular flexibility index (Phi) is 5.12. The summed E-state index contributed by atoms with van der Waals surface area (Å²) in [5.41, 5.74) is 2.04. The Morgan fingerprint density at radius 3 is 2.78 bits per heavy atom. The van der Waals surface area contributed by atoms with Crippen molar-refractivity contribution in [3.63, 3.8) is 0 Å². The Morgan fingerprint density at radius 1 is 1.17 bits per heavy atom. The van der Waals surface area contributed by atoms with Gasteiger partial charge in [0.2, 0.25) is 0 Å². The van der Waals surface area contributed by atoms with Crippen molar-refractivity contribution >= 4 is 0 Å². The van der Waals surface area contributed by atoms with E-state index in [0.717, 1.165) is 23.9 Å². The Morgan fingerprint density at radius 2 is 2.06 bits per heavy atom. The van der Waals surface area contributed by atoms with Gasteiger partial charge in [-0.25, -0.2) is 0 Å². The van der Waals surface area contributed by atoms with Crippen molar-refractivity contribution in [1.29, 1.82) is 0 Å². The summed E-state index contributed by atoms with van der Waals surface area (Å²) in [5.74, 6) is 0.955. The summed E-state index contributed by atoms with van der Waals surface area (Å²) in [4.78, 5) is 8.68. The van der Waals surface area contributed by atoms with Crippen LogP contribution in [0.25, 0.3) is 0 Å². The smallest absolute Gasteiger partial charge is 0.0724 e. The number of rotatable bonds is 4. The minimum atomic E-state index is 0.671. The third-order valence-corrected chi connectivity index (χ3v) is 4.07. The van der Waals surface area contributed by atoms with Crippen molar-refractivity contribution in [1.82, 2.24) is 15.3 Å².